The van der Waals surface area contributed by atoms with Crippen molar-refractivity contribution in [3.8, 4) is 0 Å². The molecule has 66 valence electrons. The summed E-state index contributed by atoms with van der Waals surface area (Å²) in [6.07, 6.45) is 0.959. The van der Waals surface area contributed by atoms with Gasteiger partial charge in [-0.05, 0) is 12.8 Å². The first kappa shape index (κ1) is 8.93. The minimum absolute atomic E-state index is 0.0375. The van der Waals surface area contributed by atoms with Crippen molar-refractivity contribution in [2.24, 2.45) is 0 Å². The Bertz CT molecular complexity index is 120. The van der Waals surface area contributed by atoms with E-state index in [9.17, 15) is 5.11 Å². The molecule has 0 radical (unpaired) electrons. The number of hydrogen-bond donors (Lipinski definition) is 4. The first-order valence-corrected chi connectivity index (χ1v) is 3.93. The van der Waals surface area contributed by atoms with E-state index in [1.54, 1.807) is 0 Å². The number of aliphatic hydroxyl groups excluding tert-OH is 3. The predicted molar refractivity (Wildman–Crippen MR) is 40.1 cm³/mol. The molecular formula is C7H15NO3. The lowest BCUT2D eigenvalue weighted by Gasteiger charge is -2.32. The van der Waals surface area contributed by atoms with Crippen LogP contribution in [0.4, 0.5) is 0 Å². The summed E-state index contributed by atoms with van der Waals surface area (Å²) in [5, 5.41) is 29.8. The van der Waals surface area contributed by atoms with Crippen LogP contribution in [0.2, 0.25) is 0 Å². The fourth-order valence-corrected chi connectivity index (χ4v) is 1.39. The molecule has 0 aromatic heterocycles. The molecule has 4 nitrogen and oxygen atoms in total. The van der Waals surface area contributed by atoms with E-state index in [0.717, 1.165) is 6.42 Å². The van der Waals surface area contributed by atoms with E-state index in [2.05, 4.69) is 5.32 Å². The van der Waals surface area contributed by atoms with Gasteiger partial charge in [-0.3, -0.25) is 0 Å². The Hall–Kier alpha value is -0.160. The van der Waals surface area contributed by atoms with Gasteiger partial charge in [-0.1, -0.05) is 0 Å². The zero-order valence-electron chi connectivity index (χ0n) is 6.40. The Morgan fingerprint density at radius 2 is 1.91 bits per heavy atom. The molecule has 1 unspecified atom stereocenters. The van der Waals surface area contributed by atoms with Crippen LogP contribution in [0.1, 0.15) is 12.8 Å². The van der Waals surface area contributed by atoms with Gasteiger partial charge in [0.1, 0.15) is 0 Å². The molecule has 4 heteroatoms. The van der Waals surface area contributed by atoms with E-state index < -0.39 is 6.10 Å². The highest BCUT2D eigenvalue weighted by molar-refractivity contribution is 4.85. The fraction of sp³-hybridized carbons (Fsp3) is 1.00. The average Bonchev–Trinajstić information content (AvgIpc) is 2.05. The molecular weight excluding hydrogens is 146 g/mol. The van der Waals surface area contributed by atoms with E-state index in [1.807, 2.05) is 0 Å². The Morgan fingerprint density at radius 1 is 1.18 bits per heavy atom. The van der Waals surface area contributed by atoms with Crippen molar-refractivity contribution in [3.05, 3.63) is 0 Å². The Balaban J connectivity index is 2.37. The Morgan fingerprint density at radius 3 is 2.45 bits per heavy atom. The lowest BCUT2D eigenvalue weighted by molar-refractivity contribution is 0.0395. The van der Waals surface area contributed by atoms with Crippen LogP contribution in [0.15, 0.2) is 0 Å². The highest BCUT2D eigenvalue weighted by Gasteiger charge is 2.26. The van der Waals surface area contributed by atoms with Gasteiger partial charge in [0.15, 0.2) is 0 Å². The van der Waals surface area contributed by atoms with E-state index in [4.69, 9.17) is 10.2 Å². The maximum atomic E-state index is 9.28. The third-order valence-corrected chi connectivity index (χ3v) is 2.14. The molecule has 0 bridgehead atoms. The second-order valence-corrected chi connectivity index (χ2v) is 2.98. The van der Waals surface area contributed by atoms with E-state index in [1.165, 1.54) is 0 Å². The summed E-state index contributed by atoms with van der Waals surface area (Å²) >= 11 is 0. The second-order valence-electron chi connectivity index (χ2n) is 2.98. The van der Waals surface area contributed by atoms with Gasteiger partial charge in [-0.15, -0.1) is 0 Å². The Labute approximate surface area is 65.9 Å². The molecule has 4 N–H and O–H groups in total. The van der Waals surface area contributed by atoms with Gasteiger partial charge >= 0.3 is 0 Å². The van der Waals surface area contributed by atoms with Crippen molar-refractivity contribution in [3.63, 3.8) is 0 Å². The monoisotopic (exact) mass is 161 g/mol. The second kappa shape index (κ2) is 4.01. The lowest BCUT2D eigenvalue weighted by atomic mass is 9.97. The molecule has 1 heterocycles. The topological polar surface area (TPSA) is 72.7 Å². The first-order valence-electron chi connectivity index (χ1n) is 3.93. The molecule has 1 fully saturated rings. The lowest BCUT2D eigenvalue weighted by Crippen LogP contribution is -2.53. The molecule has 0 spiro atoms. The van der Waals surface area contributed by atoms with Gasteiger partial charge in [0.05, 0.1) is 25.4 Å². The van der Waals surface area contributed by atoms with Crippen molar-refractivity contribution < 1.29 is 15.3 Å². The van der Waals surface area contributed by atoms with Gasteiger partial charge in [0.2, 0.25) is 0 Å². The summed E-state index contributed by atoms with van der Waals surface area (Å²) in [6, 6.07) is -0.226. The van der Waals surface area contributed by atoms with Gasteiger partial charge < -0.3 is 20.6 Å². The molecule has 0 aromatic rings. The van der Waals surface area contributed by atoms with Crippen molar-refractivity contribution in [1.82, 2.24) is 5.32 Å². The van der Waals surface area contributed by atoms with Gasteiger partial charge in [0.25, 0.3) is 0 Å². The van der Waals surface area contributed by atoms with Gasteiger partial charge in [-0.2, -0.15) is 0 Å². The third kappa shape index (κ3) is 2.13. The molecule has 1 aliphatic heterocycles. The molecule has 0 amide bonds. The van der Waals surface area contributed by atoms with Crippen LogP contribution in [0.3, 0.4) is 0 Å². The molecule has 1 saturated heterocycles. The summed E-state index contributed by atoms with van der Waals surface area (Å²) in [5.41, 5.74) is 0. The van der Waals surface area contributed by atoms with Crippen molar-refractivity contribution >= 4 is 0 Å². The summed E-state index contributed by atoms with van der Waals surface area (Å²) < 4.78 is 0. The third-order valence-electron chi connectivity index (χ3n) is 2.14. The quantitative estimate of drug-likeness (QED) is 0.396. The Kier molecular flexibility index (Phi) is 3.26. The van der Waals surface area contributed by atoms with E-state index in [-0.39, 0.29) is 25.3 Å². The van der Waals surface area contributed by atoms with Crippen LogP contribution in [0, 0.1) is 0 Å². The van der Waals surface area contributed by atoms with E-state index in [0.29, 0.717) is 6.42 Å². The summed E-state index contributed by atoms with van der Waals surface area (Å²) in [4.78, 5) is 0. The molecule has 0 saturated carbocycles. The standard InChI is InChI=1S/C7H15NO3/c9-3-5-1-2-7(11)6(4-10)8-5/h5-11H,1-4H2/t5-,6?,7-/m0/s1. The zero-order chi connectivity index (χ0) is 8.27. The zero-order valence-corrected chi connectivity index (χ0v) is 6.40. The molecule has 0 aromatic carbocycles. The summed E-state index contributed by atoms with van der Waals surface area (Å²) in [6.45, 7) is 0.000880. The first-order chi connectivity index (χ1) is 5.27. The molecule has 1 aliphatic rings. The van der Waals surface area contributed by atoms with Crippen molar-refractivity contribution in [1.29, 1.82) is 0 Å². The van der Waals surface area contributed by atoms with Crippen molar-refractivity contribution in [2.75, 3.05) is 13.2 Å². The fourth-order valence-electron chi connectivity index (χ4n) is 1.39. The summed E-state index contributed by atoms with van der Waals surface area (Å²) in [7, 11) is 0. The molecule has 1 rings (SSSR count). The van der Waals surface area contributed by atoms with Crippen molar-refractivity contribution in [2.45, 2.75) is 31.0 Å². The van der Waals surface area contributed by atoms with Crippen LogP contribution in [-0.4, -0.2) is 46.7 Å². The SMILES string of the molecule is OCC1N[C@H](CO)CC[C@@H]1O. The number of hydrogen-bond acceptors (Lipinski definition) is 4. The number of rotatable bonds is 2. The van der Waals surface area contributed by atoms with Crippen LogP contribution in [-0.2, 0) is 0 Å². The molecule has 11 heavy (non-hydrogen) atoms. The van der Waals surface area contributed by atoms with E-state index >= 15 is 0 Å². The normalized spacial score (nSPS) is 39.0. The predicted octanol–water partition coefficient (Wildman–Crippen LogP) is -1.55. The highest BCUT2D eigenvalue weighted by atomic mass is 16.3. The maximum absolute atomic E-state index is 9.28. The highest BCUT2D eigenvalue weighted by Crippen LogP contribution is 2.12. The minimum atomic E-state index is -0.470. The van der Waals surface area contributed by atoms with Gasteiger partial charge in [-0.25, -0.2) is 0 Å². The van der Waals surface area contributed by atoms with Crippen LogP contribution in [0.25, 0.3) is 0 Å². The van der Waals surface area contributed by atoms with Gasteiger partial charge in [0, 0.05) is 6.04 Å². The largest absolute Gasteiger partial charge is 0.395 e. The number of nitrogens with one attached hydrogen (secondary N) is 1. The molecule has 0 aliphatic carbocycles. The smallest absolute Gasteiger partial charge is 0.0716 e. The number of piperidine rings is 1. The number of aliphatic hydroxyl groups is 3. The van der Waals surface area contributed by atoms with Crippen LogP contribution < -0.4 is 5.32 Å². The van der Waals surface area contributed by atoms with Crippen LogP contribution in [0.5, 0.6) is 0 Å². The summed E-state index contributed by atoms with van der Waals surface area (Å²) in [5.74, 6) is 0. The molecule has 3 atom stereocenters. The average molecular weight is 161 g/mol. The minimum Gasteiger partial charge on any atom is -0.395 e. The van der Waals surface area contributed by atoms with Crippen LogP contribution >= 0.6 is 0 Å². The maximum Gasteiger partial charge on any atom is 0.0716 e.